The van der Waals surface area contributed by atoms with E-state index >= 15 is 0 Å². The molecule has 0 fully saturated rings. The fourth-order valence-corrected chi connectivity index (χ4v) is 3.26. The van der Waals surface area contributed by atoms with Crippen molar-refractivity contribution in [1.29, 1.82) is 0 Å². The topological polar surface area (TPSA) is 34.5 Å². The zero-order valence-electron chi connectivity index (χ0n) is 16.8. The first-order valence-electron chi connectivity index (χ1n) is 10.00. The average molecular weight is 411 g/mol. The number of amides is 1. The van der Waals surface area contributed by atoms with Crippen molar-refractivity contribution >= 4 is 17.5 Å². The number of unbranched alkanes of at least 4 members (excludes halogenated alkanes) is 1. The summed E-state index contributed by atoms with van der Waals surface area (Å²) >= 11 is 5.90. The number of nitrogens with zero attached hydrogens (tertiary/aromatic N) is 2. The van der Waals surface area contributed by atoms with Crippen LogP contribution >= 0.6 is 11.6 Å². The zero-order chi connectivity index (χ0) is 20.5. The van der Waals surface area contributed by atoms with E-state index in [1.807, 2.05) is 29.2 Å². The smallest absolute Gasteiger partial charge is 0.260 e. The molecule has 0 spiro atoms. The Hall–Kier alpha value is -2.72. The molecule has 0 aliphatic heterocycles. The van der Waals surface area contributed by atoms with Crippen LogP contribution in [0.5, 0.6) is 5.75 Å². The fourth-order valence-electron chi connectivity index (χ4n) is 3.13. The Labute approximate surface area is 177 Å². The van der Waals surface area contributed by atoms with Gasteiger partial charge < -0.3 is 14.2 Å². The standard InChI is InChI=1S/C24H27ClN2O2/c1-2-3-15-27(24(28)19-29-23-13-11-21(25)12-14-23)18-22-10-7-16-26(22)17-20-8-5-4-6-9-20/h4-14,16H,2-3,15,17-19H2,1H3. The molecule has 1 heterocycles. The van der Waals surface area contributed by atoms with E-state index in [9.17, 15) is 4.79 Å². The normalized spacial score (nSPS) is 10.7. The van der Waals surface area contributed by atoms with Crippen molar-refractivity contribution in [2.75, 3.05) is 13.2 Å². The van der Waals surface area contributed by atoms with Gasteiger partial charge in [-0.15, -0.1) is 0 Å². The van der Waals surface area contributed by atoms with Crippen molar-refractivity contribution in [3.8, 4) is 5.75 Å². The van der Waals surface area contributed by atoms with Crippen molar-refractivity contribution in [2.24, 2.45) is 0 Å². The van der Waals surface area contributed by atoms with Crippen LogP contribution in [0, 0.1) is 0 Å². The van der Waals surface area contributed by atoms with Crippen LogP contribution in [0.1, 0.15) is 31.0 Å². The van der Waals surface area contributed by atoms with E-state index in [1.165, 1.54) is 5.56 Å². The van der Waals surface area contributed by atoms with E-state index in [2.05, 4.69) is 35.9 Å². The number of halogens is 1. The van der Waals surface area contributed by atoms with Gasteiger partial charge in [0.15, 0.2) is 6.61 Å². The van der Waals surface area contributed by atoms with E-state index in [4.69, 9.17) is 16.3 Å². The summed E-state index contributed by atoms with van der Waals surface area (Å²) in [7, 11) is 0. The van der Waals surface area contributed by atoms with Crippen LogP contribution in [-0.2, 0) is 17.9 Å². The van der Waals surface area contributed by atoms with Gasteiger partial charge in [0.25, 0.3) is 5.91 Å². The number of carbonyl (C=O) groups is 1. The lowest BCUT2D eigenvalue weighted by Crippen LogP contribution is -2.36. The van der Waals surface area contributed by atoms with Crippen molar-refractivity contribution in [3.05, 3.63) is 89.2 Å². The molecular formula is C24H27ClN2O2. The summed E-state index contributed by atoms with van der Waals surface area (Å²) in [6.07, 6.45) is 4.06. The summed E-state index contributed by atoms with van der Waals surface area (Å²) in [6.45, 7) is 4.23. The highest BCUT2D eigenvalue weighted by atomic mass is 35.5. The molecule has 0 radical (unpaired) electrons. The van der Waals surface area contributed by atoms with Crippen LogP contribution < -0.4 is 4.74 Å². The zero-order valence-corrected chi connectivity index (χ0v) is 17.5. The van der Waals surface area contributed by atoms with Gasteiger partial charge in [0.05, 0.1) is 6.54 Å². The number of aromatic nitrogens is 1. The molecule has 4 nitrogen and oxygen atoms in total. The van der Waals surface area contributed by atoms with Gasteiger partial charge in [0.2, 0.25) is 0 Å². The summed E-state index contributed by atoms with van der Waals surface area (Å²) in [4.78, 5) is 14.7. The number of ether oxygens (including phenoxy) is 1. The summed E-state index contributed by atoms with van der Waals surface area (Å²) < 4.78 is 7.87. The quantitative estimate of drug-likeness (QED) is 0.448. The Morgan fingerprint density at radius 1 is 1.03 bits per heavy atom. The number of hydrogen-bond donors (Lipinski definition) is 0. The second kappa shape index (κ2) is 10.7. The lowest BCUT2D eigenvalue weighted by molar-refractivity contribution is -0.134. The van der Waals surface area contributed by atoms with Crippen LogP contribution in [0.25, 0.3) is 0 Å². The predicted octanol–water partition coefficient (Wildman–Crippen LogP) is 5.40. The molecule has 1 aromatic heterocycles. The van der Waals surface area contributed by atoms with Crippen LogP contribution in [0.4, 0.5) is 0 Å². The molecule has 0 saturated heterocycles. The SMILES string of the molecule is CCCCN(Cc1cccn1Cc1ccccc1)C(=O)COc1ccc(Cl)cc1. The molecule has 5 heteroatoms. The van der Waals surface area contributed by atoms with Crippen molar-refractivity contribution < 1.29 is 9.53 Å². The molecule has 0 atom stereocenters. The van der Waals surface area contributed by atoms with Gasteiger partial charge in [-0.25, -0.2) is 0 Å². The van der Waals surface area contributed by atoms with E-state index in [0.717, 1.165) is 31.6 Å². The third-order valence-electron chi connectivity index (χ3n) is 4.78. The molecule has 29 heavy (non-hydrogen) atoms. The maximum absolute atomic E-state index is 12.9. The molecule has 3 rings (SSSR count). The van der Waals surface area contributed by atoms with Gasteiger partial charge in [0, 0.05) is 30.0 Å². The summed E-state index contributed by atoms with van der Waals surface area (Å²) in [5.74, 6) is 0.631. The van der Waals surface area contributed by atoms with Crippen molar-refractivity contribution in [1.82, 2.24) is 9.47 Å². The first kappa shape index (κ1) is 21.0. The molecule has 0 N–H and O–H groups in total. The first-order valence-corrected chi connectivity index (χ1v) is 10.4. The summed E-state index contributed by atoms with van der Waals surface area (Å²) in [5, 5.41) is 0.646. The van der Waals surface area contributed by atoms with Crippen LogP contribution in [0.15, 0.2) is 72.9 Å². The molecular weight excluding hydrogens is 384 g/mol. The minimum Gasteiger partial charge on any atom is -0.484 e. The van der Waals surface area contributed by atoms with Crippen LogP contribution in [-0.4, -0.2) is 28.5 Å². The van der Waals surface area contributed by atoms with Gasteiger partial charge in [-0.05, 0) is 48.4 Å². The second-order valence-electron chi connectivity index (χ2n) is 7.02. The highest BCUT2D eigenvalue weighted by molar-refractivity contribution is 6.30. The first-order chi connectivity index (χ1) is 14.2. The average Bonchev–Trinajstić information content (AvgIpc) is 3.17. The van der Waals surface area contributed by atoms with Gasteiger partial charge >= 0.3 is 0 Å². The van der Waals surface area contributed by atoms with Crippen LogP contribution in [0.2, 0.25) is 5.02 Å². The van der Waals surface area contributed by atoms with Gasteiger partial charge in [-0.2, -0.15) is 0 Å². The second-order valence-corrected chi connectivity index (χ2v) is 7.46. The third-order valence-corrected chi connectivity index (χ3v) is 5.03. The Morgan fingerprint density at radius 3 is 2.52 bits per heavy atom. The largest absolute Gasteiger partial charge is 0.484 e. The lowest BCUT2D eigenvalue weighted by Gasteiger charge is -2.23. The molecule has 0 aliphatic carbocycles. The number of carbonyl (C=O) groups excluding carboxylic acids is 1. The Morgan fingerprint density at radius 2 is 1.79 bits per heavy atom. The molecule has 0 saturated carbocycles. The summed E-state index contributed by atoms with van der Waals surface area (Å²) in [6, 6.07) is 21.5. The van der Waals surface area contributed by atoms with E-state index in [1.54, 1.807) is 24.3 Å². The van der Waals surface area contributed by atoms with Crippen molar-refractivity contribution in [2.45, 2.75) is 32.9 Å². The van der Waals surface area contributed by atoms with Gasteiger partial charge in [0.1, 0.15) is 5.75 Å². The van der Waals surface area contributed by atoms with Gasteiger partial charge in [-0.3, -0.25) is 4.79 Å². The maximum atomic E-state index is 12.9. The maximum Gasteiger partial charge on any atom is 0.260 e. The highest BCUT2D eigenvalue weighted by Gasteiger charge is 2.16. The predicted molar refractivity (Wildman–Crippen MR) is 117 cm³/mol. The number of rotatable bonds is 10. The third kappa shape index (κ3) is 6.40. The van der Waals surface area contributed by atoms with E-state index in [-0.39, 0.29) is 12.5 Å². The number of hydrogen-bond acceptors (Lipinski definition) is 2. The lowest BCUT2D eigenvalue weighted by atomic mass is 10.2. The molecule has 1 amide bonds. The highest BCUT2D eigenvalue weighted by Crippen LogP contribution is 2.16. The molecule has 152 valence electrons. The monoisotopic (exact) mass is 410 g/mol. The molecule has 0 unspecified atom stereocenters. The van der Waals surface area contributed by atoms with E-state index < -0.39 is 0 Å². The number of benzene rings is 2. The molecule has 2 aromatic carbocycles. The summed E-state index contributed by atoms with van der Waals surface area (Å²) in [5.41, 5.74) is 2.35. The van der Waals surface area contributed by atoms with Crippen LogP contribution in [0.3, 0.4) is 0 Å². The molecule has 0 aliphatic rings. The fraction of sp³-hybridized carbons (Fsp3) is 0.292. The Bertz CT molecular complexity index is 891. The Kier molecular flexibility index (Phi) is 7.77. The Balaban J connectivity index is 1.65. The minimum absolute atomic E-state index is 0.0131. The van der Waals surface area contributed by atoms with Crippen molar-refractivity contribution in [3.63, 3.8) is 0 Å². The molecule has 0 bridgehead atoms. The minimum atomic E-state index is -0.0131. The van der Waals surface area contributed by atoms with Gasteiger partial charge in [-0.1, -0.05) is 55.3 Å². The van der Waals surface area contributed by atoms with E-state index in [0.29, 0.717) is 17.3 Å². The molecule has 3 aromatic rings.